The molecule has 2 heteroatoms. The van der Waals surface area contributed by atoms with Crippen LogP contribution in [0.2, 0.25) is 0 Å². The molecule has 96 valence electrons. The molecule has 0 aliphatic rings. The molecule has 0 bridgehead atoms. The number of benzene rings is 1. The highest BCUT2D eigenvalue weighted by Crippen LogP contribution is 2.29. The lowest BCUT2D eigenvalue weighted by Crippen LogP contribution is -2.26. The molecule has 1 N–H and O–H groups in total. The Morgan fingerprint density at radius 2 is 2.06 bits per heavy atom. The van der Waals surface area contributed by atoms with E-state index in [1.165, 1.54) is 22.8 Å². The number of aromatic nitrogens is 1. The van der Waals surface area contributed by atoms with Crippen molar-refractivity contribution in [2.45, 2.75) is 33.2 Å². The predicted octanol–water partition coefficient (Wildman–Crippen LogP) is 3.93. The summed E-state index contributed by atoms with van der Waals surface area (Å²) >= 11 is 0. The topological polar surface area (TPSA) is 24.9 Å². The third-order valence-electron chi connectivity index (χ3n) is 3.69. The minimum Gasteiger partial charge on any atom is -0.310 e. The van der Waals surface area contributed by atoms with E-state index in [1.807, 2.05) is 12.4 Å². The van der Waals surface area contributed by atoms with E-state index in [-0.39, 0.29) is 0 Å². The fourth-order valence-corrected chi connectivity index (χ4v) is 2.48. The molecular weight excluding hydrogens is 220 g/mol. The van der Waals surface area contributed by atoms with E-state index in [1.54, 1.807) is 0 Å². The van der Waals surface area contributed by atoms with Crippen molar-refractivity contribution in [1.82, 2.24) is 10.3 Å². The summed E-state index contributed by atoms with van der Waals surface area (Å²) in [4.78, 5) is 4.27. The van der Waals surface area contributed by atoms with Crippen molar-refractivity contribution >= 4 is 10.8 Å². The quantitative estimate of drug-likeness (QED) is 0.859. The highest BCUT2D eigenvalue weighted by atomic mass is 14.9. The first-order chi connectivity index (χ1) is 8.77. The van der Waals surface area contributed by atoms with Gasteiger partial charge >= 0.3 is 0 Å². The van der Waals surface area contributed by atoms with Gasteiger partial charge in [-0.1, -0.05) is 45.4 Å². The molecule has 0 spiro atoms. The molecule has 1 aromatic heterocycles. The summed E-state index contributed by atoms with van der Waals surface area (Å²) in [6, 6.07) is 9.01. The zero-order valence-corrected chi connectivity index (χ0v) is 11.5. The SMILES string of the molecule is CCNC(c1cccc2ccncc12)C(C)CC. The van der Waals surface area contributed by atoms with Crippen LogP contribution in [0.1, 0.15) is 38.8 Å². The molecule has 0 aliphatic heterocycles. The number of rotatable bonds is 5. The van der Waals surface area contributed by atoms with Crippen molar-refractivity contribution in [3.63, 3.8) is 0 Å². The number of fused-ring (bicyclic) bond motifs is 1. The predicted molar refractivity (Wildman–Crippen MR) is 77.6 cm³/mol. The monoisotopic (exact) mass is 242 g/mol. The Bertz CT molecular complexity index is 502. The molecule has 0 amide bonds. The molecule has 18 heavy (non-hydrogen) atoms. The van der Waals surface area contributed by atoms with E-state index in [4.69, 9.17) is 0 Å². The molecule has 0 radical (unpaired) electrons. The first kappa shape index (κ1) is 13.0. The molecule has 2 nitrogen and oxygen atoms in total. The molecule has 1 heterocycles. The van der Waals surface area contributed by atoms with Gasteiger partial charge < -0.3 is 5.32 Å². The lowest BCUT2D eigenvalue weighted by molar-refractivity contribution is 0.386. The fourth-order valence-electron chi connectivity index (χ4n) is 2.48. The van der Waals surface area contributed by atoms with Crippen LogP contribution in [0.4, 0.5) is 0 Å². The second-order valence-electron chi connectivity index (χ2n) is 4.86. The second kappa shape index (κ2) is 5.96. The van der Waals surface area contributed by atoms with Crippen molar-refractivity contribution in [3.05, 3.63) is 42.2 Å². The maximum absolute atomic E-state index is 4.27. The van der Waals surface area contributed by atoms with Gasteiger partial charge in [-0.25, -0.2) is 0 Å². The first-order valence-corrected chi connectivity index (χ1v) is 6.84. The molecule has 0 saturated heterocycles. The normalized spacial score (nSPS) is 14.6. The fraction of sp³-hybridized carbons (Fsp3) is 0.438. The largest absolute Gasteiger partial charge is 0.310 e. The third-order valence-corrected chi connectivity index (χ3v) is 3.69. The van der Waals surface area contributed by atoms with Crippen LogP contribution in [0.25, 0.3) is 10.8 Å². The van der Waals surface area contributed by atoms with Crippen LogP contribution >= 0.6 is 0 Å². The minimum atomic E-state index is 0.410. The molecule has 2 rings (SSSR count). The second-order valence-corrected chi connectivity index (χ2v) is 4.86. The van der Waals surface area contributed by atoms with Gasteiger partial charge in [0.1, 0.15) is 0 Å². The van der Waals surface area contributed by atoms with Gasteiger partial charge in [0.15, 0.2) is 0 Å². The smallest absolute Gasteiger partial charge is 0.0352 e. The Kier molecular flexibility index (Phi) is 4.32. The lowest BCUT2D eigenvalue weighted by atomic mass is 9.90. The van der Waals surface area contributed by atoms with E-state index < -0.39 is 0 Å². The number of pyridine rings is 1. The summed E-state index contributed by atoms with van der Waals surface area (Å²) in [7, 11) is 0. The summed E-state index contributed by atoms with van der Waals surface area (Å²) in [6.45, 7) is 7.71. The van der Waals surface area contributed by atoms with Gasteiger partial charge in [0.05, 0.1) is 0 Å². The van der Waals surface area contributed by atoms with Crippen molar-refractivity contribution in [2.75, 3.05) is 6.54 Å². The van der Waals surface area contributed by atoms with Crippen molar-refractivity contribution < 1.29 is 0 Å². The van der Waals surface area contributed by atoms with Crippen LogP contribution in [-0.4, -0.2) is 11.5 Å². The highest BCUT2D eigenvalue weighted by molar-refractivity contribution is 5.85. The Balaban J connectivity index is 2.49. The van der Waals surface area contributed by atoms with Gasteiger partial charge in [-0.15, -0.1) is 0 Å². The molecule has 2 aromatic rings. The van der Waals surface area contributed by atoms with Gasteiger partial charge in [-0.05, 0) is 29.5 Å². The first-order valence-electron chi connectivity index (χ1n) is 6.84. The average molecular weight is 242 g/mol. The molecule has 2 unspecified atom stereocenters. The molecule has 0 fully saturated rings. The Morgan fingerprint density at radius 3 is 2.78 bits per heavy atom. The van der Waals surface area contributed by atoms with Crippen LogP contribution in [0.3, 0.4) is 0 Å². The number of hydrogen-bond donors (Lipinski definition) is 1. The Hall–Kier alpha value is -1.41. The number of nitrogens with one attached hydrogen (secondary N) is 1. The number of hydrogen-bond acceptors (Lipinski definition) is 2. The van der Waals surface area contributed by atoms with E-state index in [2.05, 4.69) is 55.3 Å². The van der Waals surface area contributed by atoms with E-state index >= 15 is 0 Å². The molecule has 1 aromatic carbocycles. The van der Waals surface area contributed by atoms with Crippen LogP contribution in [0, 0.1) is 5.92 Å². The molecule has 0 saturated carbocycles. The maximum atomic E-state index is 4.27. The number of nitrogens with zero attached hydrogens (tertiary/aromatic N) is 1. The van der Waals surface area contributed by atoms with E-state index in [9.17, 15) is 0 Å². The average Bonchev–Trinajstić information content (AvgIpc) is 2.43. The van der Waals surface area contributed by atoms with Gasteiger partial charge in [0.2, 0.25) is 0 Å². The standard InChI is InChI=1S/C16H22N2/c1-4-12(3)16(18-5-2)14-8-6-7-13-9-10-17-11-15(13)14/h6-12,16,18H,4-5H2,1-3H3. The Morgan fingerprint density at radius 1 is 1.22 bits per heavy atom. The summed E-state index contributed by atoms with van der Waals surface area (Å²) < 4.78 is 0. The zero-order chi connectivity index (χ0) is 13.0. The van der Waals surface area contributed by atoms with Crippen LogP contribution in [0.15, 0.2) is 36.7 Å². The van der Waals surface area contributed by atoms with E-state index in [0.29, 0.717) is 12.0 Å². The maximum Gasteiger partial charge on any atom is 0.0352 e. The molecule has 2 atom stereocenters. The van der Waals surface area contributed by atoms with Gasteiger partial charge in [0.25, 0.3) is 0 Å². The molecule has 0 aliphatic carbocycles. The van der Waals surface area contributed by atoms with Crippen molar-refractivity contribution in [2.24, 2.45) is 5.92 Å². The van der Waals surface area contributed by atoms with Gasteiger partial charge in [-0.3, -0.25) is 4.98 Å². The third kappa shape index (κ3) is 2.54. The van der Waals surface area contributed by atoms with Crippen LogP contribution < -0.4 is 5.32 Å². The van der Waals surface area contributed by atoms with Crippen molar-refractivity contribution in [1.29, 1.82) is 0 Å². The summed E-state index contributed by atoms with van der Waals surface area (Å²) in [5.41, 5.74) is 1.37. The van der Waals surface area contributed by atoms with Crippen molar-refractivity contribution in [3.8, 4) is 0 Å². The summed E-state index contributed by atoms with van der Waals surface area (Å²) in [5, 5.41) is 6.16. The van der Waals surface area contributed by atoms with Gasteiger partial charge in [-0.2, -0.15) is 0 Å². The van der Waals surface area contributed by atoms with Gasteiger partial charge in [0, 0.05) is 23.8 Å². The lowest BCUT2D eigenvalue weighted by Gasteiger charge is -2.25. The Labute approximate surface area is 109 Å². The molecular formula is C16H22N2. The summed E-state index contributed by atoms with van der Waals surface area (Å²) in [6.07, 6.45) is 5.02. The minimum absolute atomic E-state index is 0.410. The van der Waals surface area contributed by atoms with Crippen LogP contribution in [-0.2, 0) is 0 Å². The summed E-state index contributed by atoms with van der Waals surface area (Å²) in [5.74, 6) is 0.621. The van der Waals surface area contributed by atoms with E-state index in [0.717, 1.165) is 6.54 Å². The zero-order valence-electron chi connectivity index (χ0n) is 11.5. The van der Waals surface area contributed by atoms with Crippen LogP contribution in [0.5, 0.6) is 0 Å². The highest BCUT2D eigenvalue weighted by Gasteiger charge is 2.18.